The monoisotopic (exact) mass is 527 g/mol. The molecule has 0 aliphatic rings. The number of nitro benzene ring substituents is 1. The van der Waals surface area contributed by atoms with Gasteiger partial charge in [0.15, 0.2) is 4.90 Å². The van der Waals surface area contributed by atoms with Crippen LogP contribution in [0.25, 0.3) is 0 Å². The van der Waals surface area contributed by atoms with E-state index in [9.17, 15) is 23.3 Å². The van der Waals surface area contributed by atoms with Crippen molar-refractivity contribution in [3.63, 3.8) is 0 Å². The Hall–Kier alpha value is -4.12. The number of hydrogen-bond donors (Lipinski definition) is 1. The summed E-state index contributed by atoms with van der Waals surface area (Å²) in [6.07, 6.45) is 3.04. The van der Waals surface area contributed by atoms with Crippen molar-refractivity contribution in [1.82, 2.24) is 0 Å². The molecule has 1 N–H and O–H groups in total. The molecule has 0 spiro atoms. The van der Waals surface area contributed by atoms with Crippen molar-refractivity contribution >= 4 is 33.0 Å². The van der Waals surface area contributed by atoms with Crippen LogP contribution in [0.3, 0.4) is 0 Å². The Balaban J connectivity index is 2.00. The number of hydrogen-bond acceptors (Lipinski definition) is 7. The molecular formula is C26H29N3O7S. The first kappa shape index (κ1) is 27.5. The third-order valence-electron chi connectivity index (χ3n) is 5.63. The molecule has 0 bridgehead atoms. The van der Waals surface area contributed by atoms with Crippen molar-refractivity contribution < 1.29 is 27.6 Å². The number of unbranched alkanes of at least 4 members (excludes halogenated alkanes) is 1. The molecule has 37 heavy (non-hydrogen) atoms. The summed E-state index contributed by atoms with van der Waals surface area (Å²) in [5.41, 5.74) is 1.04. The average molecular weight is 528 g/mol. The number of amides is 1. The first-order valence-corrected chi connectivity index (χ1v) is 13.0. The summed E-state index contributed by atoms with van der Waals surface area (Å²) in [7, 11) is -1.79. The number of carbonyl (C=O) groups excluding carboxylic acids is 1. The molecule has 10 nitrogen and oxygen atoms in total. The molecule has 0 aromatic heterocycles. The van der Waals surface area contributed by atoms with Gasteiger partial charge in [0.1, 0.15) is 18.0 Å². The Morgan fingerprint density at radius 2 is 1.73 bits per heavy atom. The highest BCUT2D eigenvalue weighted by molar-refractivity contribution is 7.93. The summed E-state index contributed by atoms with van der Waals surface area (Å²) in [4.78, 5) is 23.3. The fourth-order valence-corrected chi connectivity index (χ4v) is 5.29. The fraction of sp³-hybridized carbons (Fsp3) is 0.269. The van der Waals surface area contributed by atoms with Crippen LogP contribution in [0.4, 0.5) is 17.1 Å². The summed E-state index contributed by atoms with van der Waals surface area (Å²) in [5, 5.41) is 14.3. The number of sulfonamides is 1. The van der Waals surface area contributed by atoms with Crippen LogP contribution >= 0.6 is 0 Å². The van der Waals surface area contributed by atoms with E-state index >= 15 is 0 Å². The smallest absolute Gasteiger partial charge is 0.289 e. The lowest BCUT2D eigenvalue weighted by molar-refractivity contribution is -0.387. The van der Waals surface area contributed by atoms with Gasteiger partial charge in [0.2, 0.25) is 5.91 Å². The van der Waals surface area contributed by atoms with Gasteiger partial charge in [-0.2, -0.15) is 0 Å². The molecule has 0 atom stereocenters. The van der Waals surface area contributed by atoms with Crippen LogP contribution in [0.15, 0.2) is 71.6 Å². The number of carbonyl (C=O) groups is 1. The van der Waals surface area contributed by atoms with E-state index in [-0.39, 0.29) is 11.4 Å². The van der Waals surface area contributed by atoms with Crippen molar-refractivity contribution in [2.75, 3.05) is 30.4 Å². The minimum absolute atomic E-state index is 0.0199. The van der Waals surface area contributed by atoms with Crippen LogP contribution in [-0.2, 0) is 21.2 Å². The maximum Gasteiger partial charge on any atom is 0.289 e. The molecule has 196 valence electrons. The number of benzene rings is 3. The molecular weight excluding hydrogens is 498 g/mol. The van der Waals surface area contributed by atoms with Gasteiger partial charge in [-0.3, -0.25) is 19.2 Å². The third kappa shape index (κ3) is 6.56. The maximum absolute atomic E-state index is 13.8. The summed E-state index contributed by atoms with van der Waals surface area (Å²) in [6, 6.07) is 16.7. The fourth-order valence-electron chi connectivity index (χ4n) is 3.70. The van der Waals surface area contributed by atoms with Gasteiger partial charge in [-0.05, 0) is 48.7 Å². The van der Waals surface area contributed by atoms with Gasteiger partial charge < -0.3 is 14.8 Å². The second-order valence-corrected chi connectivity index (χ2v) is 9.95. The second-order valence-electron chi connectivity index (χ2n) is 8.12. The lowest BCUT2D eigenvalue weighted by atomic mass is 10.1. The second kappa shape index (κ2) is 12.2. The van der Waals surface area contributed by atoms with E-state index in [2.05, 4.69) is 12.2 Å². The average Bonchev–Trinajstić information content (AvgIpc) is 2.90. The summed E-state index contributed by atoms with van der Waals surface area (Å²) < 4.78 is 38.9. The van der Waals surface area contributed by atoms with Crippen LogP contribution < -0.4 is 19.1 Å². The van der Waals surface area contributed by atoms with Gasteiger partial charge >= 0.3 is 0 Å². The molecule has 3 aromatic rings. The molecule has 0 fully saturated rings. The highest BCUT2D eigenvalue weighted by Gasteiger charge is 2.34. The molecule has 0 unspecified atom stereocenters. The Bertz CT molecular complexity index is 1360. The molecule has 3 rings (SSSR count). The van der Waals surface area contributed by atoms with E-state index in [0.717, 1.165) is 41.3 Å². The zero-order valence-corrected chi connectivity index (χ0v) is 21.7. The van der Waals surface area contributed by atoms with Crippen molar-refractivity contribution in [3.05, 3.63) is 82.4 Å². The van der Waals surface area contributed by atoms with Gasteiger partial charge in [-0.15, -0.1) is 0 Å². The Labute approximate surface area is 216 Å². The molecule has 0 aliphatic carbocycles. The quantitative estimate of drug-likeness (QED) is 0.265. The number of anilines is 2. The van der Waals surface area contributed by atoms with Crippen molar-refractivity contribution in [2.24, 2.45) is 0 Å². The zero-order chi connectivity index (χ0) is 27.0. The van der Waals surface area contributed by atoms with E-state index in [1.54, 1.807) is 12.1 Å². The first-order chi connectivity index (χ1) is 17.7. The number of methoxy groups -OCH3 is 2. The van der Waals surface area contributed by atoms with Crippen molar-refractivity contribution in [1.29, 1.82) is 0 Å². The molecule has 0 radical (unpaired) electrons. The van der Waals surface area contributed by atoms with E-state index in [1.165, 1.54) is 44.6 Å². The van der Waals surface area contributed by atoms with Gasteiger partial charge in [0, 0.05) is 17.8 Å². The summed E-state index contributed by atoms with van der Waals surface area (Å²) in [6.45, 7) is 1.45. The van der Waals surface area contributed by atoms with Crippen LogP contribution in [0.5, 0.6) is 11.5 Å². The lowest BCUT2D eigenvalue weighted by Gasteiger charge is -2.25. The third-order valence-corrected chi connectivity index (χ3v) is 7.44. The minimum Gasteiger partial charge on any atom is -0.497 e. The summed E-state index contributed by atoms with van der Waals surface area (Å²) in [5.74, 6) is -0.132. The molecule has 11 heteroatoms. The highest BCUT2D eigenvalue weighted by Crippen LogP contribution is 2.37. The van der Waals surface area contributed by atoms with E-state index < -0.39 is 38.0 Å². The molecule has 0 saturated carbocycles. The van der Waals surface area contributed by atoms with E-state index in [0.29, 0.717) is 11.4 Å². The molecule has 3 aromatic carbocycles. The Kier molecular flexibility index (Phi) is 9.07. The number of aryl methyl sites for hydroxylation is 1. The number of rotatable bonds is 12. The SMILES string of the molecule is CCCCc1ccc(NC(=O)CN(c2ccc(OC)cc2OC)S(=O)(=O)c2ccccc2[N+](=O)[O-])cc1. The predicted molar refractivity (Wildman–Crippen MR) is 141 cm³/mol. The molecule has 0 heterocycles. The molecule has 0 saturated heterocycles. The first-order valence-electron chi connectivity index (χ1n) is 11.6. The van der Waals surface area contributed by atoms with E-state index in [1.807, 2.05) is 12.1 Å². The number of nitro groups is 1. The standard InChI is InChI=1S/C26H29N3O7S/c1-4-5-8-19-11-13-20(14-12-19)27-26(30)18-28(22-16-15-21(35-2)17-24(22)36-3)37(33,34)25-10-7-6-9-23(25)29(31)32/h6-7,9-17H,4-5,8,18H2,1-3H3,(H,27,30). The van der Waals surface area contributed by atoms with Crippen LogP contribution in [0.2, 0.25) is 0 Å². The van der Waals surface area contributed by atoms with Crippen LogP contribution in [-0.4, -0.2) is 40.0 Å². The normalized spacial score (nSPS) is 11.0. The van der Waals surface area contributed by atoms with Crippen molar-refractivity contribution in [2.45, 2.75) is 31.1 Å². The highest BCUT2D eigenvalue weighted by atomic mass is 32.2. The Morgan fingerprint density at radius 1 is 1.03 bits per heavy atom. The van der Waals surface area contributed by atoms with E-state index in [4.69, 9.17) is 9.47 Å². The van der Waals surface area contributed by atoms with Gasteiger partial charge in [0.25, 0.3) is 15.7 Å². The minimum atomic E-state index is -4.58. The van der Waals surface area contributed by atoms with Gasteiger partial charge in [-0.25, -0.2) is 8.42 Å². The van der Waals surface area contributed by atoms with Gasteiger partial charge in [0.05, 0.1) is 24.8 Å². The number of ether oxygens (including phenoxy) is 2. The van der Waals surface area contributed by atoms with Crippen LogP contribution in [0.1, 0.15) is 25.3 Å². The molecule has 1 amide bonds. The largest absolute Gasteiger partial charge is 0.497 e. The van der Waals surface area contributed by atoms with Gasteiger partial charge in [-0.1, -0.05) is 37.6 Å². The van der Waals surface area contributed by atoms with Crippen molar-refractivity contribution in [3.8, 4) is 11.5 Å². The van der Waals surface area contributed by atoms with Crippen LogP contribution in [0, 0.1) is 10.1 Å². The summed E-state index contributed by atoms with van der Waals surface area (Å²) >= 11 is 0. The zero-order valence-electron chi connectivity index (χ0n) is 20.8. The topological polar surface area (TPSA) is 128 Å². The number of nitrogens with one attached hydrogen (secondary N) is 1. The Morgan fingerprint density at radius 3 is 2.35 bits per heavy atom. The number of para-hydroxylation sites is 1. The molecule has 0 aliphatic heterocycles. The lowest BCUT2D eigenvalue weighted by Crippen LogP contribution is -2.38. The number of nitrogens with zero attached hydrogens (tertiary/aromatic N) is 2. The predicted octanol–water partition coefficient (Wildman–Crippen LogP) is 4.79. The maximum atomic E-state index is 13.8.